The number of aromatic nitrogens is 2. The van der Waals surface area contributed by atoms with E-state index in [1.54, 1.807) is 12.1 Å². The van der Waals surface area contributed by atoms with Crippen LogP contribution in [0.2, 0.25) is 0 Å². The molecular formula is C25H36N6O5S. The average Bonchev–Trinajstić information content (AvgIpc) is 2.89. The summed E-state index contributed by atoms with van der Waals surface area (Å²) in [5.41, 5.74) is 0.742. The molecule has 1 amide bonds. The van der Waals surface area contributed by atoms with Crippen LogP contribution in [-0.4, -0.2) is 78.7 Å². The summed E-state index contributed by atoms with van der Waals surface area (Å²) in [5, 5.41) is 19.2. The number of morpholine rings is 1. The molecule has 1 saturated carbocycles. The van der Waals surface area contributed by atoms with Crippen LogP contribution >= 0.6 is 0 Å². The second-order valence-corrected chi connectivity index (χ2v) is 11.8. The summed E-state index contributed by atoms with van der Waals surface area (Å²) in [6.45, 7) is 6.24. The van der Waals surface area contributed by atoms with Crippen molar-refractivity contribution in [3.63, 3.8) is 0 Å². The van der Waals surface area contributed by atoms with Gasteiger partial charge in [-0.05, 0) is 55.9 Å². The molecule has 0 bridgehead atoms. The molecule has 4 N–H and O–H groups in total. The van der Waals surface area contributed by atoms with Crippen molar-refractivity contribution in [2.75, 3.05) is 48.8 Å². The van der Waals surface area contributed by atoms with E-state index < -0.39 is 15.9 Å². The van der Waals surface area contributed by atoms with Crippen LogP contribution in [-0.2, 0) is 14.8 Å². The third-order valence-corrected chi connectivity index (χ3v) is 8.37. The number of carbonyl (C=O) groups is 1. The number of aliphatic hydroxyl groups excluding tert-OH is 1. The lowest BCUT2D eigenvalue weighted by Crippen LogP contribution is -2.40. The molecule has 0 atom stereocenters. The van der Waals surface area contributed by atoms with Crippen molar-refractivity contribution < 1.29 is 23.1 Å². The molecule has 1 aliphatic carbocycles. The lowest BCUT2D eigenvalue weighted by molar-refractivity contribution is 0.0730. The molecule has 1 aliphatic heterocycles. The van der Waals surface area contributed by atoms with Gasteiger partial charge in [0.2, 0.25) is 16.0 Å². The zero-order valence-corrected chi connectivity index (χ0v) is 22.1. The molecule has 2 aromatic rings. The first-order chi connectivity index (χ1) is 17.7. The van der Waals surface area contributed by atoms with Gasteiger partial charge in [0.05, 0.1) is 24.2 Å². The van der Waals surface area contributed by atoms with Gasteiger partial charge in [0.25, 0.3) is 5.91 Å². The summed E-state index contributed by atoms with van der Waals surface area (Å²) < 4.78 is 32.4. The highest BCUT2D eigenvalue weighted by atomic mass is 32.2. The molecule has 11 nitrogen and oxygen atoms in total. The molecular weight excluding hydrogens is 496 g/mol. The van der Waals surface area contributed by atoms with Crippen LogP contribution in [0.4, 0.5) is 17.5 Å². The Labute approximate surface area is 218 Å². The number of anilines is 3. The van der Waals surface area contributed by atoms with Gasteiger partial charge in [-0.25, -0.2) is 13.4 Å². The number of ether oxygens (including phenoxy) is 1. The number of hydrogen-bond acceptors (Lipinski definition) is 9. The third kappa shape index (κ3) is 7.16. The van der Waals surface area contributed by atoms with Crippen molar-refractivity contribution in [3.05, 3.63) is 36.0 Å². The van der Waals surface area contributed by atoms with Crippen molar-refractivity contribution in [2.24, 2.45) is 5.92 Å². The molecule has 0 spiro atoms. The fourth-order valence-electron chi connectivity index (χ4n) is 4.30. The Morgan fingerprint density at radius 1 is 1.14 bits per heavy atom. The van der Waals surface area contributed by atoms with E-state index in [9.17, 15) is 18.3 Å². The third-order valence-electron chi connectivity index (χ3n) is 6.46. The zero-order valence-electron chi connectivity index (χ0n) is 21.3. The summed E-state index contributed by atoms with van der Waals surface area (Å²) in [7, 11) is -3.62. The Bertz CT molecular complexity index is 1160. The molecule has 4 rings (SSSR count). The second kappa shape index (κ2) is 12.2. The normalized spacial score (nSPS) is 21.0. The van der Waals surface area contributed by atoms with E-state index in [1.807, 2.05) is 0 Å². The van der Waals surface area contributed by atoms with Gasteiger partial charge in [0.1, 0.15) is 11.4 Å². The lowest BCUT2D eigenvalue weighted by Gasteiger charge is -2.27. The molecule has 1 saturated heterocycles. The highest BCUT2D eigenvalue weighted by molar-refractivity contribution is 7.89. The van der Waals surface area contributed by atoms with Crippen molar-refractivity contribution in [3.8, 4) is 0 Å². The van der Waals surface area contributed by atoms with Crippen LogP contribution in [0.5, 0.6) is 0 Å². The predicted molar refractivity (Wildman–Crippen MR) is 141 cm³/mol. The Morgan fingerprint density at radius 2 is 1.81 bits per heavy atom. The summed E-state index contributed by atoms with van der Waals surface area (Å²) in [6.07, 6.45) is 4.15. The van der Waals surface area contributed by atoms with Gasteiger partial charge >= 0.3 is 0 Å². The SMILES string of the molecule is CC(C)CNc1ncc(C(=O)Nc2ccc(S(=O)(=O)N3CCOCC3)cc2)c(NC2CCC(O)CC2)n1. The van der Waals surface area contributed by atoms with Crippen LogP contribution in [0.1, 0.15) is 49.9 Å². The van der Waals surface area contributed by atoms with Gasteiger partial charge in [0.15, 0.2) is 0 Å². The van der Waals surface area contributed by atoms with Crippen LogP contribution in [0.15, 0.2) is 35.4 Å². The lowest BCUT2D eigenvalue weighted by atomic mass is 9.93. The summed E-state index contributed by atoms with van der Waals surface area (Å²) in [6, 6.07) is 6.21. The first kappa shape index (κ1) is 27.2. The minimum Gasteiger partial charge on any atom is -0.393 e. The van der Waals surface area contributed by atoms with Crippen LogP contribution in [0.25, 0.3) is 0 Å². The predicted octanol–water partition coefficient (Wildman–Crippen LogP) is 2.53. The molecule has 2 fully saturated rings. The first-order valence-electron chi connectivity index (χ1n) is 12.8. The zero-order chi connectivity index (χ0) is 26.4. The van der Waals surface area contributed by atoms with E-state index in [0.717, 1.165) is 12.8 Å². The largest absolute Gasteiger partial charge is 0.393 e. The van der Waals surface area contributed by atoms with E-state index in [4.69, 9.17) is 4.74 Å². The highest BCUT2D eigenvalue weighted by Gasteiger charge is 2.27. The number of rotatable bonds is 9. The fourth-order valence-corrected chi connectivity index (χ4v) is 5.70. The quantitative estimate of drug-likeness (QED) is 0.383. The second-order valence-electron chi connectivity index (χ2n) is 9.88. The molecule has 37 heavy (non-hydrogen) atoms. The first-order valence-corrected chi connectivity index (χ1v) is 14.2. The minimum absolute atomic E-state index is 0.0903. The number of carbonyl (C=O) groups excluding carboxylic acids is 1. The van der Waals surface area contributed by atoms with Gasteiger partial charge in [-0.1, -0.05) is 13.8 Å². The maximum atomic E-state index is 13.2. The standard InChI is InChI=1S/C25H36N6O5S/c1-17(2)15-26-25-27-16-22(23(30-25)28-18-3-7-20(32)8-4-18)24(33)29-19-5-9-21(10-6-19)37(34,35)31-11-13-36-14-12-31/h5-6,9-10,16-18,20,32H,3-4,7-8,11-15H2,1-2H3,(H,29,33)(H2,26,27,28,30). The maximum absolute atomic E-state index is 13.2. The van der Waals surface area contributed by atoms with E-state index in [1.165, 1.54) is 22.6 Å². The fraction of sp³-hybridized carbons (Fsp3) is 0.560. The smallest absolute Gasteiger partial charge is 0.260 e. The van der Waals surface area contributed by atoms with Gasteiger partial charge < -0.3 is 25.8 Å². The number of hydrogen-bond donors (Lipinski definition) is 4. The number of nitrogens with one attached hydrogen (secondary N) is 3. The summed E-state index contributed by atoms with van der Waals surface area (Å²) in [4.78, 5) is 22.3. The topological polar surface area (TPSA) is 146 Å². The van der Waals surface area contributed by atoms with Gasteiger partial charge in [-0.15, -0.1) is 0 Å². The highest BCUT2D eigenvalue weighted by Crippen LogP contribution is 2.25. The van der Waals surface area contributed by atoms with Crippen LogP contribution < -0.4 is 16.0 Å². The van der Waals surface area contributed by atoms with Crippen molar-refractivity contribution >= 4 is 33.4 Å². The van der Waals surface area contributed by atoms with Crippen molar-refractivity contribution in [2.45, 2.75) is 56.6 Å². The molecule has 2 heterocycles. The molecule has 202 valence electrons. The van der Waals surface area contributed by atoms with Gasteiger partial charge in [0, 0.05) is 37.6 Å². The van der Waals surface area contributed by atoms with Crippen LogP contribution in [0, 0.1) is 5.92 Å². The summed E-state index contributed by atoms with van der Waals surface area (Å²) in [5.74, 6) is 0.850. The van der Waals surface area contributed by atoms with Crippen molar-refractivity contribution in [1.29, 1.82) is 0 Å². The molecule has 2 aliphatic rings. The van der Waals surface area contributed by atoms with Crippen LogP contribution in [0.3, 0.4) is 0 Å². The molecule has 0 unspecified atom stereocenters. The van der Waals surface area contributed by atoms with E-state index >= 15 is 0 Å². The number of aliphatic hydroxyl groups is 1. The monoisotopic (exact) mass is 532 g/mol. The Hall–Kier alpha value is -2.80. The maximum Gasteiger partial charge on any atom is 0.260 e. The van der Waals surface area contributed by atoms with Crippen molar-refractivity contribution in [1.82, 2.24) is 14.3 Å². The minimum atomic E-state index is -3.62. The molecule has 1 aromatic heterocycles. The number of nitrogens with zero attached hydrogens (tertiary/aromatic N) is 3. The number of benzene rings is 1. The molecule has 12 heteroatoms. The molecule has 1 aromatic carbocycles. The average molecular weight is 533 g/mol. The Morgan fingerprint density at radius 3 is 2.46 bits per heavy atom. The number of amides is 1. The van der Waals surface area contributed by atoms with Gasteiger partial charge in [-0.2, -0.15) is 9.29 Å². The van der Waals surface area contributed by atoms with E-state index in [-0.39, 0.29) is 22.6 Å². The molecule has 0 radical (unpaired) electrons. The Balaban J connectivity index is 1.49. The number of sulfonamides is 1. The summed E-state index contributed by atoms with van der Waals surface area (Å²) >= 11 is 0. The van der Waals surface area contributed by atoms with E-state index in [2.05, 4.69) is 39.8 Å². The Kier molecular flexibility index (Phi) is 8.95. The van der Waals surface area contributed by atoms with E-state index in [0.29, 0.717) is 69.1 Å². The van der Waals surface area contributed by atoms with Gasteiger partial charge in [-0.3, -0.25) is 4.79 Å².